The fourth-order valence-electron chi connectivity index (χ4n) is 4.50. The Labute approximate surface area is 197 Å². The number of esters is 1. The molecule has 170 valence electrons. The normalized spacial score (nSPS) is 22.4. The molecule has 0 radical (unpaired) electrons. The summed E-state index contributed by atoms with van der Waals surface area (Å²) in [5, 5.41) is 4.11. The number of carbonyl (C=O) groups excluding carboxylic acids is 1. The van der Waals surface area contributed by atoms with E-state index in [4.69, 9.17) is 26.1 Å². The Morgan fingerprint density at radius 1 is 1.24 bits per heavy atom. The maximum absolute atomic E-state index is 12.0. The summed E-state index contributed by atoms with van der Waals surface area (Å²) in [6, 6.07) is 16.6. The Morgan fingerprint density at radius 2 is 2.15 bits per heavy atom. The van der Waals surface area contributed by atoms with Gasteiger partial charge in [-0.25, -0.2) is 4.79 Å². The van der Waals surface area contributed by atoms with Crippen LogP contribution in [0.15, 0.2) is 65.2 Å². The highest BCUT2D eigenvalue weighted by Gasteiger charge is 2.42. The molecule has 0 aliphatic carbocycles. The lowest BCUT2D eigenvalue weighted by atomic mass is 10.0. The van der Waals surface area contributed by atoms with Gasteiger partial charge in [0.05, 0.1) is 30.5 Å². The Morgan fingerprint density at radius 3 is 2.91 bits per heavy atom. The van der Waals surface area contributed by atoms with Crippen LogP contribution in [0.5, 0.6) is 0 Å². The number of aromatic nitrogens is 1. The number of ether oxygens (including phenoxy) is 2. The van der Waals surface area contributed by atoms with Crippen molar-refractivity contribution in [1.29, 1.82) is 0 Å². The highest BCUT2D eigenvalue weighted by molar-refractivity contribution is 7.80. The van der Waals surface area contributed by atoms with Crippen LogP contribution >= 0.6 is 12.2 Å². The summed E-state index contributed by atoms with van der Waals surface area (Å²) in [5.74, 6) is 1.06. The molecule has 2 saturated heterocycles. The number of hydrogen-bond acceptors (Lipinski definition) is 6. The van der Waals surface area contributed by atoms with Crippen LogP contribution in [0.3, 0.4) is 0 Å². The summed E-state index contributed by atoms with van der Waals surface area (Å²) in [7, 11) is 1.37. The maximum Gasteiger partial charge on any atom is 0.337 e. The van der Waals surface area contributed by atoms with Crippen molar-refractivity contribution in [3.8, 4) is 11.3 Å². The van der Waals surface area contributed by atoms with E-state index in [1.165, 1.54) is 7.11 Å². The van der Waals surface area contributed by atoms with Gasteiger partial charge in [-0.2, -0.15) is 0 Å². The molecule has 2 aliphatic heterocycles. The predicted octanol–water partition coefficient (Wildman–Crippen LogP) is 4.28. The number of thiocarbonyl (C=S) groups is 1. The van der Waals surface area contributed by atoms with Gasteiger partial charge in [-0.05, 0) is 61.5 Å². The minimum absolute atomic E-state index is 0.140. The van der Waals surface area contributed by atoms with Gasteiger partial charge in [0, 0.05) is 24.9 Å². The van der Waals surface area contributed by atoms with Crippen molar-refractivity contribution in [2.75, 3.05) is 20.3 Å². The number of methoxy groups -OCH3 is 1. The predicted molar refractivity (Wildman–Crippen MR) is 127 cm³/mol. The summed E-state index contributed by atoms with van der Waals surface area (Å²) in [4.78, 5) is 18.7. The zero-order valence-corrected chi connectivity index (χ0v) is 19.1. The number of carbonyl (C=O) groups is 1. The van der Waals surface area contributed by atoms with Gasteiger partial charge in [0.15, 0.2) is 5.11 Å². The lowest BCUT2D eigenvalue weighted by Gasteiger charge is -2.28. The van der Waals surface area contributed by atoms with E-state index in [-0.39, 0.29) is 24.2 Å². The van der Waals surface area contributed by atoms with Crippen LogP contribution in [0.4, 0.5) is 0 Å². The van der Waals surface area contributed by atoms with Gasteiger partial charge in [-0.15, -0.1) is 0 Å². The van der Waals surface area contributed by atoms with Crippen molar-refractivity contribution in [3.63, 3.8) is 0 Å². The Bertz CT molecular complexity index is 1140. The molecule has 2 aromatic heterocycles. The van der Waals surface area contributed by atoms with Gasteiger partial charge >= 0.3 is 5.97 Å². The molecule has 2 aliphatic rings. The van der Waals surface area contributed by atoms with Crippen molar-refractivity contribution in [2.24, 2.45) is 0 Å². The second-order valence-corrected chi connectivity index (χ2v) is 8.58. The van der Waals surface area contributed by atoms with Crippen LogP contribution in [0.2, 0.25) is 0 Å². The third-order valence-electron chi connectivity index (χ3n) is 6.11. The van der Waals surface area contributed by atoms with Crippen LogP contribution in [0.25, 0.3) is 11.3 Å². The minimum atomic E-state index is -0.382. The Balaban J connectivity index is 1.49. The topological polar surface area (TPSA) is 76.8 Å². The molecule has 0 saturated carbocycles. The summed E-state index contributed by atoms with van der Waals surface area (Å²) in [6.45, 7) is 1.47. The number of nitrogens with zero attached hydrogens (tertiary/aromatic N) is 2. The molecule has 0 spiro atoms. The molecular formula is C25H25N3O4S. The van der Waals surface area contributed by atoms with E-state index in [1.807, 2.05) is 42.5 Å². The number of hydrogen-bond donors (Lipinski definition) is 1. The van der Waals surface area contributed by atoms with Crippen molar-refractivity contribution in [1.82, 2.24) is 15.2 Å². The number of rotatable bonds is 6. The molecule has 3 aromatic rings. The second kappa shape index (κ2) is 9.33. The number of pyridine rings is 1. The first-order chi connectivity index (χ1) is 16.1. The zero-order chi connectivity index (χ0) is 22.8. The number of nitrogens with one attached hydrogen (secondary N) is 1. The van der Waals surface area contributed by atoms with Gasteiger partial charge in [-0.3, -0.25) is 4.98 Å². The van der Waals surface area contributed by atoms with Crippen LogP contribution in [0, 0.1) is 0 Å². The van der Waals surface area contributed by atoms with Crippen LogP contribution in [-0.2, 0) is 9.47 Å². The third-order valence-corrected chi connectivity index (χ3v) is 6.46. The first-order valence-electron chi connectivity index (χ1n) is 11.0. The summed E-state index contributed by atoms with van der Waals surface area (Å²) < 4.78 is 17.1. The molecule has 8 heteroatoms. The van der Waals surface area contributed by atoms with E-state index < -0.39 is 0 Å². The molecule has 7 nitrogen and oxygen atoms in total. The Kier molecular flexibility index (Phi) is 6.11. The lowest BCUT2D eigenvalue weighted by Crippen LogP contribution is -2.36. The Hall–Kier alpha value is -3.23. The molecule has 2 fully saturated rings. The summed E-state index contributed by atoms with van der Waals surface area (Å²) in [5.41, 5.74) is 2.17. The molecule has 0 bridgehead atoms. The van der Waals surface area contributed by atoms with Crippen molar-refractivity contribution >= 4 is 23.3 Å². The van der Waals surface area contributed by atoms with Gasteiger partial charge in [0.25, 0.3) is 0 Å². The van der Waals surface area contributed by atoms with E-state index >= 15 is 0 Å². The first-order valence-corrected chi connectivity index (χ1v) is 11.4. The highest BCUT2D eigenvalue weighted by atomic mass is 32.1. The first kappa shape index (κ1) is 21.6. The maximum atomic E-state index is 12.0. The summed E-state index contributed by atoms with van der Waals surface area (Å²) in [6.07, 6.45) is 4.00. The van der Waals surface area contributed by atoms with E-state index in [9.17, 15) is 4.79 Å². The van der Waals surface area contributed by atoms with E-state index in [0.29, 0.717) is 23.0 Å². The molecular weight excluding hydrogens is 438 g/mol. The fraction of sp³-hybridized carbons (Fsp3) is 0.320. The average Bonchev–Trinajstić information content (AvgIpc) is 3.61. The SMILES string of the molecule is COC(=O)c1cccc(-c2ccc([C@@H]3[C@@H](c4ccccn4)NC(=S)N3C[C@H]3CCCO3)o2)c1. The molecule has 5 rings (SSSR count). The quantitative estimate of drug-likeness (QED) is 0.429. The lowest BCUT2D eigenvalue weighted by molar-refractivity contribution is 0.0600. The average molecular weight is 464 g/mol. The molecule has 33 heavy (non-hydrogen) atoms. The molecule has 4 heterocycles. The zero-order valence-electron chi connectivity index (χ0n) is 18.3. The van der Waals surface area contributed by atoms with E-state index in [0.717, 1.165) is 36.5 Å². The van der Waals surface area contributed by atoms with Crippen LogP contribution < -0.4 is 5.32 Å². The van der Waals surface area contributed by atoms with Gasteiger partial charge in [0.2, 0.25) is 0 Å². The van der Waals surface area contributed by atoms with Crippen molar-refractivity contribution in [2.45, 2.75) is 31.0 Å². The van der Waals surface area contributed by atoms with Gasteiger partial charge in [0.1, 0.15) is 17.6 Å². The molecule has 1 aromatic carbocycles. The smallest absolute Gasteiger partial charge is 0.337 e. The van der Waals surface area contributed by atoms with Crippen LogP contribution in [-0.4, -0.2) is 47.3 Å². The third kappa shape index (κ3) is 4.36. The number of furan rings is 1. The van der Waals surface area contributed by atoms with Crippen molar-refractivity contribution in [3.05, 3.63) is 77.8 Å². The molecule has 0 unspecified atom stereocenters. The van der Waals surface area contributed by atoms with E-state index in [1.54, 1.807) is 18.3 Å². The highest BCUT2D eigenvalue weighted by Crippen LogP contribution is 2.41. The largest absolute Gasteiger partial charge is 0.465 e. The van der Waals surface area contributed by atoms with Gasteiger partial charge < -0.3 is 24.1 Å². The minimum Gasteiger partial charge on any atom is -0.465 e. The van der Waals surface area contributed by atoms with E-state index in [2.05, 4.69) is 15.2 Å². The second-order valence-electron chi connectivity index (χ2n) is 8.19. The molecule has 0 amide bonds. The molecule has 3 atom stereocenters. The monoisotopic (exact) mass is 463 g/mol. The van der Waals surface area contributed by atoms with Crippen molar-refractivity contribution < 1.29 is 18.7 Å². The standard InChI is InChI=1S/C25H25N3O4S/c1-30-24(29)17-7-4-6-16(14-17)20-10-11-21(32-20)23-22(19-9-2-3-12-26-19)27-25(33)28(23)15-18-8-5-13-31-18/h2-4,6-7,9-12,14,18,22-23H,5,8,13,15H2,1H3,(H,27,33)/t18-,22-,23-/m1/s1. The molecule has 1 N–H and O–H groups in total. The fourth-order valence-corrected chi connectivity index (χ4v) is 4.82. The van der Waals surface area contributed by atoms with Crippen LogP contribution in [0.1, 0.15) is 46.7 Å². The summed E-state index contributed by atoms with van der Waals surface area (Å²) >= 11 is 5.73. The number of benzene rings is 1. The van der Waals surface area contributed by atoms with Gasteiger partial charge in [-0.1, -0.05) is 18.2 Å².